The molecule has 0 radical (unpaired) electrons. The van der Waals surface area contributed by atoms with Gasteiger partial charge in [0, 0.05) is 18.8 Å². The zero-order valence-electron chi connectivity index (χ0n) is 19.2. The summed E-state index contributed by atoms with van der Waals surface area (Å²) < 4.78 is 38.9. The van der Waals surface area contributed by atoms with Gasteiger partial charge in [0.15, 0.2) is 17.3 Å². The largest absolute Gasteiger partial charge is 0.408 e. The third kappa shape index (κ3) is 4.00. The number of urea groups is 1. The number of pyridine rings is 2. The number of fused-ring (bicyclic) bond motifs is 5. The topological polar surface area (TPSA) is 119 Å². The summed E-state index contributed by atoms with van der Waals surface area (Å²) >= 11 is 0. The van der Waals surface area contributed by atoms with Crippen LogP contribution in [0, 0.1) is 13.8 Å². The second kappa shape index (κ2) is 8.10. The molecule has 3 amide bonds. The van der Waals surface area contributed by atoms with Crippen LogP contribution in [0.25, 0.3) is 11.0 Å². The van der Waals surface area contributed by atoms with Crippen LogP contribution in [0.15, 0.2) is 18.2 Å². The van der Waals surface area contributed by atoms with Crippen LogP contribution >= 0.6 is 0 Å². The van der Waals surface area contributed by atoms with E-state index in [1.165, 1.54) is 11.0 Å². The van der Waals surface area contributed by atoms with Gasteiger partial charge in [-0.3, -0.25) is 20.1 Å². The van der Waals surface area contributed by atoms with Crippen molar-refractivity contribution in [3.63, 3.8) is 0 Å². The quantitative estimate of drug-likeness (QED) is 0.521. The van der Waals surface area contributed by atoms with Gasteiger partial charge in [0.2, 0.25) is 0 Å². The van der Waals surface area contributed by atoms with Gasteiger partial charge in [-0.2, -0.15) is 18.3 Å². The molecule has 5 heterocycles. The van der Waals surface area contributed by atoms with Crippen molar-refractivity contribution in [3.8, 4) is 0 Å². The lowest BCUT2D eigenvalue weighted by molar-refractivity contribution is -0.149. The first-order valence-corrected chi connectivity index (χ1v) is 11.1. The number of carbonyl (C=O) groups excluding carboxylic acids is 2. The van der Waals surface area contributed by atoms with E-state index in [9.17, 15) is 22.8 Å². The molecule has 1 fully saturated rings. The van der Waals surface area contributed by atoms with Crippen molar-refractivity contribution < 1.29 is 22.8 Å². The van der Waals surface area contributed by atoms with Crippen molar-refractivity contribution >= 4 is 40.3 Å². The molecule has 0 saturated carbocycles. The number of rotatable bonds is 3. The molecule has 2 atom stereocenters. The molecule has 0 aromatic carbocycles. The van der Waals surface area contributed by atoms with Gasteiger partial charge in [0.1, 0.15) is 11.7 Å². The zero-order chi connectivity index (χ0) is 25.1. The Morgan fingerprint density at radius 1 is 1.23 bits per heavy atom. The molecule has 2 aliphatic heterocycles. The number of carbonyl (C=O) groups is 2. The number of aromatic nitrogens is 4. The van der Waals surface area contributed by atoms with Crippen LogP contribution < -0.4 is 20.4 Å². The third-order valence-corrected chi connectivity index (χ3v) is 6.32. The van der Waals surface area contributed by atoms with Gasteiger partial charge in [-0.1, -0.05) is 0 Å². The Bertz CT molecular complexity index is 1340. The minimum atomic E-state index is -4.59. The van der Waals surface area contributed by atoms with E-state index in [1.54, 1.807) is 19.1 Å². The summed E-state index contributed by atoms with van der Waals surface area (Å²) in [7, 11) is 0. The molecule has 3 aromatic heterocycles. The van der Waals surface area contributed by atoms with E-state index < -0.39 is 24.2 Å². The van der Waals surface area contributed by atoms with Crippen molar-refractivity contribution in [1.29, 1.82) is 0 Å². The number of amides is 3. The van der Waals surface area contributed by atoms with Crippen LogP contribution in [-0.4, -0.2) is 63.5 Å². The predicted octanol–water partition coefficient (Wildman–Crippen LogP) is 3.28. The van der Waals surface area contributed by atoms with Gasteiger partial charge in [0.25, 0.3) is 5.91 Å². The Hall–Kier alpha value is -3.90. The third-order valence-electron chi connectivity index (χ3n) is 6.32. The number of aromatic amines is 1. The minimum Gasteiger partial charge on any atom is -0.366 e. The van der Waals surface area contributed by atoms with E-state index in [2.05, 4.69) is 30.4 Å². The number of nitrogens with one attached hydrogen (secondary N) is 3. The average Bonchev–Trinajstić information content (AvgIpc) is 3.37. The lowest BCUT2D eigenvalue weighted by Gasteiger charge is -2.36. The number of anilines is 3. The molecule has 10 nitrogen and oxygen atoms in total. The fourth-order valence-corrected chi connectivity index (χ4v) is 4.53. The molecule has 0 aliphatic carbocycles. The molecule has 5 rings (SSSR count). The predicted molar refractivity (Wildman–Crippen MR) is 123 cm³/mol. The summed E-state index contributed by atoms with van der Waals surface area (Å²) in [6, 6.07) is 2.28. The number of H-pyrrole nitrogens is 1. The first-order chi connectivity index (χ1) is 16.5. The first kappa shape index (κ1) is 22.9. The van der Waals surface area contributed by atoms with Crippen LogP contribution in [0.2, 0.25) is 0 Å². The zero-order valence-corrected chi connectivity index (χ0v) is 19.2. The van der Waals surface area contributed by atoms with Crippen LogP contribution in [0.3, 0.4) is 0 Å². The maximum Gasteiger partial charge on any atom is 0.408 e. The highest BCUT2D eigenvalue weighted by Crippen LogP contribution is 2.41. The van der Waals surface area contributed by atoms with E-state index in [4.69, 9.17) is 0 Å². The number of halogens is 3. The molecular weight excluding hydrogens is 465 g/mol. The van der Waals surface area contributed by atoms with Gasteiger partial charge in [-0.25, -0.2) is 14.8 Å². The summed E-state index contributed by atoms with van der Waals surface area (Å²) in [6.07, 6.45) is -3.91. The fraction of sp³-hybridized carbons (Fsp3) is 0.409. The molecule has 1 unspecified atom stereocenters. The van der Waals surface area contributed by atoms with Gasteiger partial charge in [-0.05, 0) is 51.0 Å². The monoisotopic (exact) mass is 488 g/mol. The fourth-order valence-electron chi connectivity index (χ4n) is 4.53. The molecular formula is C22H23F3N8O2. The second-order valence-electron chi connectivity index (χ2n) is 8.84. The molecule has 2 bridgehead atoms. The van der Waals surface area contributed by atoms with Crippen molar-refractivity contribution in [1.82, 2.24) is 25.5 Å². The minimum absolute atomic E-state index is 0.192. The standard InChI is InChI=1S/C22H23F3N8O2/c1-10-8-15(20(34)27-12(3)22(23,24)25)28-19-16(10)32-7-6-13(9-32)33(19)21(35)29-18-14-5-4-11(2)26-17(14)30-31-18/h4-5,8,12-13H,6-7,9H2,1-3H3,(H,27,34)(H2,26,29,30,31,35)/t12?,13-/m0/s1. The highest BCUT2D eigenvalue weighted by Gasteiger charge is 2.42. The Labute approximate surface area is 197 Å². The van der Waals surface area contributed by atoms with Gasteiger partial charge in [0.05, 0.1) is 17.1 Å². The SMILES string of the molecule is Cc1ccc2c(NC(=O)N3c4nc(C(=O)NC(C)C(F)(F)F)cc(C)c4N4CC[C@H]3C4)n[nH]c2n1. The van der Waals surface area contributed by atoms with E-state index in [1.807, 2.05) is 12.2 Å². The van der Waals surface area contributed by atoms with Crippen LogP contribution in [0.1, 0.15) is 35.1 Å². The Kier molecular flexibility index (Phi) is 5.29. The van der Waals surface area contributed by atoms with E-state index >= 15 is 0 Å². The summed E-state index contributed by atoms with van der Waals surface area (Å²) in [5.41, 5.74) is 2.45. The molecule has 3 N–H and O–H groups in total. The van der Waals surface area contributed by atoms with Crippen molar-refractivity contribution in [2.45, 2.75) is 45.5 Å². The highest BCUT2D eigenvalue weighted by molar-refractivity contribution is 6.08. The van der Waals surface area contributed by atoms with Gasteiger partial charge in [-0.15, -0.1) is 0 Å². The van der Waals surface area contributed by atoms with Crippen LogP contribution in [0.5, 0.6) is 0 Å². The summed E-state index contributed by atoms with van der Waals surface area (Å²) in [5, 5.41) is 12.3. The Morgan fingerprint density at radius 3 is 2.74 bits per heavy atom. The summed E-state index contributed by atoms with van der Waals surface area (Å²) in [6.45, 7) is 5.72. The van der Waals surface area contributed by atoms with Crippen LogP contribution in [0.4, 0.5) is 35.3 Å². The number of hydrogen-bond donors (Lipinski definition) is 3. The maximum absolute atomic E-state index is 13.5. The maximum atomic E-state index is 13.5. The Balaban J connectivity index is 1.49. The van der Waals surface area contributed by atoms with Gasteiger partial charge < -0.3 is 10.2 Å². The van der Waals surface area contributed by atoms with Crippen LogP contribution in [-0.2, 0) is 0 Å². The van der Waals surface area contributed by atoms with E-state index in [-0.39, 0.29) is 17.6 Å². The Morgan fingerprint density at radius 2 is 2.00 bits per heavy atom. The van der Waals surface area contributed by atoms with Crippen molar-refractivity contribution in [2.75, 3.05) is 28.2 Å². The second-order valence-corrected chi connectivity index (χ2v) is 8.84. The smallest absolute Gasteiger partial charge is 0.366 e. The summed E-state index contributed by atoms with van der Waals surface area (Å²) in [5.74, 6) is -0.437. The lowest BCUT2D eigenvalue weighted by atomic mass is 10.1. The molecule has 3 aromatic rings. The first-order valence-electron chi connectivity index (χ1n) is 11.1. The molecule has 13 heteroatoms. The highest BCUT2D eigenvalue weighted by atomic mass is 19.4. The van der Waals surface area contributed by atoms with E-state index in [0.717, 1.165) is 12.6 Å². The average molecular weight is 488 g/mol. The molecule has 184 valence electrons. The number of alkyl halides is 3. The normalized spacial score (nSPS) is 17.9. The number of aryl methyl sites for hydroxylation is 2. The molecule has 0 spiro atoms. The molecule has 1 saturated heterocycles. The lowest BCUT2D eigenvalue weighted by Crippen LogP contribution is -2.49. The van der Waals surface area contributed by atoms with Gasteiger partial charge >= 0.3 is 12.2 Å². The summed E-state index contributed by atoms with van der Waals surface area (Å²) in [4.78, 5) is 38.3. The molecule has 35 heavy (non-hydrogen) atoms. The molecule has 2 aliphatic rings. The van der Waals surface area contributed by atoms with Crippen molar-refractivity contribution in [2.24, 2.45) is 0 Å². The van der Waals surface area contributed by atoms with Crippen molar-refractivity contribution in [3.05, 3.63) is 35.2 Å². The number of hydrogen-bond acceptors (Lipinski definition) is 6. The van der Waals surface area contributed by atoms with E-state index in [0.29, 0.717) is 47.6 Å². The number of nitrogens with zero attached hydrogens (tertiary/aromatic N) is 5.